The van der Waals surface area contributed by atoms with Crippen LogP contribution in [0.25, 0.3) is 5.32 Å². The number of likely N-dealkylation sites (N-methyl/N-ethyl adjacent to an activating group) is 1. The zero-order valence-electron chi connectivity index (χ0n) is 12.6. The Labute approximate surface area is 170 Å². The van der Waals surface area contributed by atoms with E-state index in [2.05, 4.69) is 5.32 Å². The van der Waals surface area contributed by atoms with E-state index >= 15 is 0 Å². The van der Waals surface area contributed by atoms with Gasteiger partial charge in [-0.05, 0) is 6.08 Å². The summed E-state index contributed by atoms with van der Waals surface area (Å²) >= 11 is 0. The van der Waals surface area contributed by atoms with Gasteiger partial charge in [0.25, 0.3) is 0 Å². The number of Topliss-reactive ketones (excluding diaryl/α,β-unsaturated/α-hetero) is 1. The van der Waals surface area contributed by atoms with E-state index in [-0.39, 0.29) is 73.8 Å². The molecule has 23 heavy (non-hydrogen) atoms. The minimum atomic E-state index is -0.366. The first kappa shape index (κ1) is 18.0. The first-order chi connectivity index (χ1) is 10.6. The topological polar surface area (TPSA) is 87.7 Å². The Morgan fingerprint density at radius 2 is 2.30 bits per heavy atom. The molecule has 1 saturated heterocycles. The molecule has 115 valence electrons. The zero-order chi connectivity index (χ0) is 15.7. The Morgan fingerprint density at radius 3 is 2.91 bits per heavy atom. The number of para-hydroxylation sites is 1. The van der Waals surface area contributed by atoms with Crippen molar-refractivity contribution in [1.29, 1.82) is 5.26 Å². The molecule has 0 aromatic heterocycles. The SMILES string of the molecule is CN1CC(CO)O/C1=C(C#N)/C=C1/[N-]c2ccccc2C1=O.[Ac]. The van der Waals surface area contributed by atoms with Crippen LogP contribution in [0.2, 0.25) is 0 Å². The monoisotopic (exact) mass is 523 g/mol. The molecule has 2 aliphatic rings. The van der Waals surface area contributed by atoms with Gasteiger partial charge in [-0.3, -0.25) is 4.79 Å². The summed E-state index contributed by atoms with van der Waals surface area (Å²) in [4.78, 5) is 14.0. The summed E-state index contributed by atoms with van der Waals surface area (Å²) in [5, 5.41) is 22.8. The number of rotatable bonds is 2. The predicted molar refractivity (Wildman–Crippen MR) is 79.1 cm³/mol. The summed E-state index contributed by atoms with van der Waals surface area (Å²) in [7, 11) is 1.77. The van der Waals surface area contributed by atoms with Crippen LogP contribution >= 0.6 is 0 Å². The van der Waals surface area contributed by atoms with Gasteiger partial charge >= 0.3 is 0 Å². The maximum absolute atomic E-state index is 12.3. The van der Waals surface area contributed by atoms with Crippen molar-refractivity contribution in [2.45, 2.75) is 6.10 Å². The van der Waals surface area contributed by atoms with Crippen LogP contribution in [0.15, 0.2) is 47.5 Å². The van der Waals surface area contributed by atoms with Gasteiger partial charge in [0.15, 0.2) is 5.78 Å². The Bertz CT molecular complexity index is 736. The molecule has 2 heterocycles. The summed E-state index contributed by atoms with van der Waals surface area (Å²) in [6, 6.07) is 9.09. The molecule has 1 radical (unpaired) electrons. The second kappa shape index (κ2) is 7.49. The molecule has 0 amide bonds. The zero-order valence-corrected chi connectivity index (χ0v) is 17.3. The molecule has 0 bridgehead atoms. The second-order valence-electron chi connectivity index (χ2n) is 5.12. The normalized spacial score (nSPS) is 22.8. The molecule has 1 unspecified atom stereocenters. The van der Waals surface area contributed by atoms with Crippen molar-refractivity contribution < 1.29 is 58.7 Å². The molecule has 2 aliphatic heterocycles. The van der Waals surface area contributed by atoms with Crippen LogP contribution in [0.4, 0.5) is 5.69 Å². The second-order valence-corrected chi connectivity index (χ2v) is 5.12. The standard InChI is InChI=1S/C16H15N3O3.Ac/c1-19-8-11(9-20)22-16(19)10(7-17)6-14-15(21)12-4-2-3-5-13(12)18-14;/h2-6,11,20H,8-9H2,1H3,(H,18,21);/p-1/b14-6+,16-10-;. The van der Waals surface area contributed by atoms with E-state index in [1.165, 1.54) is 6.08 Å². The van der Waals surface area contributed by atoms with Crippen LogP contribution in [-0.4, -0.2) is 42.1 Å². The van der Waals surface area contributed by atoms with Gasteiger partial charge in [0.1, 0.15) is 17.7 Å². The average Bonchev–Trinajstić information content (AvgIpc) is 3.06. The van der Waals surface area contributed by atoms with Crippen LogP contribution in [0.3, 0.4) is 0 Å². The maximum Gasteiger partial charge on any atom is 0.207 e. The number of ketones is 1. The summed E-state index contributed by atoms with van der Waals surface area (Å²) in [6.45, 7) is 0.364. The number of aliphatic hydroxyl groups is 1. The number of ether oxygens (including phenoxy) is 1. The van der Waals surface area contributed by atoms with E-state index in [1.807, 2.05) is 12.1 Å². The third-order valence-corrected chi connectivity index (χ3v) is 3.56. The fraction of sp³-hybridized carbons (Fsp3) is 0.250. The van der Waals surface area contributed by atoms with Gasteiger partial charge in [0.2, 0.25) is 5.88 Å². The van der Waals surface area contributed by atoms with E-state index in [1.54, 1.807) is 30.1 Å². The van der Waals surface area contributed by atoms with Crippen molar-refractivity contribution in [3.05, 3.63) is 58.4 Å². The number of fused-ring (bicyclic) bond motifs is 1. The fourth-order valence-electron chi connectivity index (χ4n) is 2.50. The van der Waals surface area contributed by atoms with Crippen LogP contribution in [0.1, 0.15) is 10.4 Å². The molecule has 0 spiro atoms. The van der Waals surface area contributed by atoms with Crippen molar-refractivity contribution in [2.24, 2.45) is 0 Å². The Kier molecular flexibility index (Phi) is 5.86. The van der Waals surface area contributed by atoms with Crippen LogP contribution in [0.5, 0.6) is 0 Å². The number of allylic oxidation sites excluding steroid dienone is 3. The largest absolute Gasteiger partial charge is 0.654 e. The first-order valence-corrected chi connectivity index (χ1v) is 6.84. The van der Waals surface area contributed by atoms with Crippen LogP contribution in [0, 0.1) is 55.4 Å². The van der Waals surface area contributed by atoms with Gasteiger partial charge in [-0.1, -0.05) is 30.0 Å². The van der Waals surface area contributed by atoms with Gasteiger partial charge < -0.3 is 20.1 Å². The Hall–Kier alpha value is -1.34. The van der Waals surface area contributed by atoms with E-state index in [9.17, 15) is 10.1 Å². The average molecular weight is 523 g/mol. The van der Waals surface area contributed by atoms with Crippen molar-refractivity contribution in [1.82, 2.24) is 4.90 Å². The molecule has 6 nitrogen and oxygen atoms in total. The molecule has 1 aromatic rings. The molecule has 0 saturated carbocycles. The number of nitrogens with zero attached hydrogens (tertiary/aromatic N) is 3. The molecular weight excluding hydrogens is 509 g/mol. The van der Waals surface area contributed by atoms with Gasteiger partial charge in [-0.2, -0.15) is 5.26 Å². The number of carbonyl (C=O) groups is 1. The summed E-state index contributed by atoms with van der Waals surface area (Å²) < 4.78 is 5.53. The molecular formula is C16H14AcN3O3-. The molecule has 1 aromatic carbocycles. The van der Waals surface area contributed by atoms with E-state index in [0.29, 0.717) is 23.7 Å². The summed E-state index contributed by atoms with van der Waals surface area (Å²) in [6.07, 6.45) is 1.07. The van der Waals surface area contributed by atoms with Crippen molar-refractivity contribution in [2.75, 3.05) is 20.2 Å². The van der Waals surface area contributed by atoms with Gasteiger partial charge in [-0.25, -0.2) is 0 Å². The van der Waals surface area contributed by atoms with Crippen molar-refractivity contribution >= 4 is 11.5 Å². The number of hydrogen-bond donors (Lipinski definition) is 1. The van der Waals surface area contributed by atoms with E-state index < -0.39 is 0 Å². The molecule has 3 rings (SSSR count). The number of carbonyl (C=O) groups excluding carboxylic acids is 1. The molecule has 1 N–H and O–H groups in total. The number of hydrogen-bond acceptors (Lipinski definition) is 5. The van der Waals surface area contributed by atoms with Gasteiger partial charge in [0.05, 0.1) is 13.2 Å². The molecule has 1 atom stereocenters. The molecule has 7 heteroatoms. The Morgan fingerprint density at radius 1 is 1.57 bits per heavy atom. The number of aliphatic hydroxyl groups excluding tert-OH is 1. The smallest absolute Gasteiger partial charge is 0.207 e. The Balaban J connectivity index is 0.00000192. The van der Waals surface area contributed by atoms with Gasteiger partial charge in [-0.15, -0.1) is 5.69 Å². The van der Waals surface area contributed by atoms with Crippen molar-refractivity contribution in [3.63, 3.8) is 0 Å². The minimum Gasteiger partial charge on any atom is -0.654 e. The van der Waals surface area contributed by atoms with Crippen LogP contribution < -0.4 is 0 Å². The fourth-order valence-corrected chi connectivity index (χ4v) is 2.50. The summed E-state index contributed by atoms with van der Waals surface area (Å²) in [5.74, 6) is 0.149. The molecule has 1 fully saturated rings. The third kappa shape index (κ3) is 3.45. The molecule has 0 aliphatic carbocycles. The van der Waals surface area contributed by atoms with Crippen molar-refractivity contribution in [3.8, 4) is 6.07 Å². The van der Waals surface area contributed by atoms with Crippen LogP contribution in [-0.2, 0) is 4.74 Å². The number of benzene rings is 1. The van der Waals surface area contributed by atoms with E-state index in [4.69, 9.17) is 9.84 Å². The first-order valence-electron chi connectivity index (χ1n) is 6.84. The van der Waals surface area contributed by atoms with E-state index in [0.717, 1.165) is 0 Å². The third-order valence-electron chi connectivity index (χ3n) is 3.56. The quantitative estimate of drug-likeness (QED) is 0.473. The van der Waals surface area contributed by atoms with Gasteiger partial charge in [0, 0.05) is 56.7 Å². The maximum atomic E-state index is 12.3. The summed E-state index contributed by atoms with van der Waals surface area (Å²) in [5.41, 5.74) is 1.58. The predicted octanol–water partition coefficient (Wildman–Crippen LogP) is 1.83. The number of nitriles is 1. The minimum absolute atomic E-state index is 0.